The first-order valence-corrected chi connectivity index (χ1v) is 11.1. The smallest absolute Gasteiger partial charge is 0.242 e. The minimum Gasteiger partial charge on any atom is -0.357 e. The predicted octanol–water partition coefficient (Wildman–Crippen LogP) is 4.62. The summed E-state index contributed by atoms with van der Waals surface area (Å²) >= 11 is 0. The molecule has 4 heteroatoms. The first kappa shape index (κ1) is 23.3. The van der Waals surface area contributed by atoms with Crippen molar-refractivity contribution in [3.8, 4) is 0 Å². The maximum Gasteiger partial charge on any atom is 0.242 e. The van der Waals surface area contributed by atoms with Crippen molar-refractivity contribution in [2.45, 2.75) is 45.7 Å². The van der Waals surface area contributed by atoms with Gasteiger partial charge in [0.2, 0.25) is 11.8 Å². The fourth-order valence-electron chi connectivity index (χ4n) is 3.84. The summed E-state index contributed by atoms with van der Waals surface area (Å²) in [4.78, 5) is 28.2. The Labute approximate surface area is 191 Å². The zero-order valence-corrected chi connectivity index (χ0v) is 19.2. The van der Waals surface area contributed by atoms with Gasteiger partial charge in [-0.15, -0.1) is 0 Å². The second-order valence-corrected chi connectivity index (χ2v) is 8.25. The normalized spacial score (nSPS) is 11.6. The summed E-state index contributed by atoms with van der Waals surface area (Å²) in [5.41, 5.74) is 5.52. The van der Waals surface area contributed by atoms with E-state index in [2.05, 4.69) is 36.5 Å². The second-order valence-electron chi connectivity index (χ2n) is 8.25. The predicted molar refractivity (Wildman–Crippen MR) is 129 cm³/mol. The topological polar surface area (TPSA) is 49.4 Å². The van der Waals surface area contributed by atoms with Crippen LogP contribution in [-0.2, 0) is 29.0 Å². The standard InChI is InChI=1S/C28H32N2O2/c1-21-13-15-23(16-14-21)17-18-27(31)30(20-25-12-8-7-9-22(25)2)26(28(32)29-3)19-24-10-5-4-6-11-24/h4-16,26H,17-20H2,1-3H3,(H,29,32)/t26-/m0/s1. The Balaban J connectivity index is 1.87. The van der Waals surface area contributed by atoms with Gasteiger partial charge in [0, 0.05) is 26.4 Å². The van der Waals surface area contributed by atoms with Crippen LogP contribution in [0.2, 0.25) is 0 Å². The molecule has 0 saturated heterocycles. The number of rotatable bonds is 9. The van der Waals surface area contributed by atoms with E-state index in [-0.39, 0.29) is 11.8 Å². The van der Waals surface area contributed by atoms with Gasteiger partial charge in [-0.1, -0.05) is 84.4 Å². The van der Waals surface area contributed by atoms with Crippen molar-refractivity contribution >= 4 is 11.8 Å². The van der Waals surface area contributed by atoms with Crippen LogP contribution >= 0.6 is 0 Å². The molecule has 3 aromatic rings. The number of benzene rings is 3. The largest absolute Gasteiger partial charge is 0.357 e. The zero-order chi connectivity index (χ0) is 22.9. The lowest BCUT2D eigenvalue weighted by Crippen LogP contribution is -2.49. The molecule has 0 radical (unpaired) electrons. The molecule has 1 N–H and O–H groups in total. The third-order valence-electron chi connectivity index (χ3n) is 5.87. The Morgan fingerprint density at radius 3 is 2.16 bits per heavy atom. The van der Waals surface area contributed by atoms with Crippen molar-refractivity contribution in [3.05, 3.63) is 107 Å². The Morgan fingerprint density at radius 1 is 0.844 bits per heavy atom. The summed E-state index contributed by atoms with van der Waals surface area (Å²) in [5.74, 6) is -0.163. The molecule has 0 aliphatic carbocycles. The molecule has 0 heterocycles. The lowest BCUT2D eigenvalue weighted by molar-refractivity contribution is -0.141. The number of amides is 2. The van der Waals surface area contributed by atoms with E-state index in [0.717, 1.165) is 22.3 Å². The van der Waals surface area contributed by atoms with Gasteiger partial charge in [0.05, 0.1) is 0 Å². The average molecular weight is 429 g/mol. The van der Waals surface area contributed by atoms with Crippen molar-refractivity contribution in [3.63, 3.8) is 0 Å². The minimum absolute atomic E-state index is 0.0154. The fourth-order valence-corrected chi connectivity index (χ4v) is 3.84. The van der Waals surface area contributed by atoms with Crippen LogP contribution in [0.25, 0.3) is 0 Å². The minimum atomic E-state index is -0.576. The van der Waals surface area contributed by atoms with Crippen molar-refractivity contribution < 1.29 is 9.59 Å². The fraction of sp³-hybridized carbons (Fsp3) is 0.286. The molecule has 0 aliphatic heterocycles. The van der Waals surface area contributed by atoms with E-state index in [1.165, 1.54) is 5.56 Å². The number of hydrogen-bond donors (Lipinski definition) is 1. The highest BCUT2D eigenvalue weighted by molar-refractivity contribution is 5.88. The molecule has 32 heavy (non-hydrogen) atoms. The summed E-state index contributed by atoms with van der Waals surface area (Å²) in [5, 5.41) is 2.77. The van der Waals surface area contributed by atoms with E-state index >= 15 is 0 Å². The van der Waals surface area contributed by atoms with Gasteiger partial charge in [-0.2, -0.15) is 0 Å². The maximum atomic E-state index is 13.5. The van der Waals surface area contributed by atoms with Gasteiger partial charge in [0.25, 0.3) is 0 Å². The molecule has 0 fully saturated rings. The second kappa shape index (κ2) is 11.3. The van der Waals surface area contributed by atoms with Crippen LogP contribution in [0.3, 0.4) is 0 Å². The van der Waals surface area contributed by atoms with Gasteiger partial charge >= 0.3 is 0 Å². The molecule has 1 atom stereocenters. The third kappa shape index (κ3) is 6.30. The molecule has 0 unspecified atom stereocenters. The van der Waals surface area contributed by atoms with Crippen molar-refractivity contribution in [2.24, 2.45) is 0 Å². The SMILES string of the molecule is CNC(=O)[C@H](Cc1ccccc1)N(Cc1ccccc1C)C(=O)CCc1ccc(C)cc1. The summed E-state index contributed by atoms with van der Waals surface area (Å²) in [7, 11) is 1.63. The van der Waals surface area contributed by atoms with Crippen LogP contribution in [0.15, 0.2) is 78.9 Å². The van der Waals surface area contributed by atoms with Gasteiger partial charge in [0.15, 0.2) is 0 Å². The molecule has 0 saturated carbocycles. The van der Waals surface area contributed by atoms with Crippen molar-refractivity contribution in [2.75, 3.05) is 7.05 Å². The number of nitrogens with zero attached hydrogens (tertiary/aromatic N) is 1. The monoisotopic (exact) mass is 428 g/mol. The molecular weight excluding hydrogens is 396 g/mol. The van der Waals surface area contributed by atoms with Crippen LogP contribution in [0.1, 0.15) is 34.2 Å². The number of hydrogen-bond acceptors (Lipinski definition) is 2. The molecule has 4 nitrogen and oxygen atoms in total. The Kier molecular flexibility index (Phi) is 8.20. The van der Waals surface area contributed by atoms with Gasteiger partial charge in [0.1, 0.15) is 6.04 Å². The van der Waals surface area contributed by atoms with Crippen LogP contribution in [0, 0.1) is 13.8 Å². The van der Waals surface area contributed by atoms with Gasteiger partial charge < -0.3 is 10.2 Å². The van der Waals surface area contributed by atoms with E-state index in [9.17, 15) is 9.59 Å². The number of carbonyl (C=O) groups excluding carboxylic acids is 2. The Bertz CT molecular complexity index is 1030. The first-order chi connectivity index (χ1) is 15.5. The van der Waals surface area contributed by atoms with Crippen LogP contribution in [0.5, 0.6) is 0 Å². The quantitative estimate of drug-likeness (QED) is 0.541. The lowest BCUT2D eigenvalue weighted by Gasteiger charge is -2.31. The maximum absolute atomic E-state index is 13.5. The molecule has 3 aromatic carbocycles. The number of aryl methyl sites for hydroxylation is 3. The van der Waals surface area contributed by atoms with E-state index in [1.54, 1.807) is 11.9 Å². The Hall–Kier alpha value is -3.40. The molecule has 0 aliphatic rings. The van der Waals surface area contributed by atoms with Crippen LogP contribution < -0.4 is 5.32 Å². The molecule has 0 aromatic heterocycles. The van der Waals surface area contributed by atoms with Crippen molar-refractivity contribution in [1.82, 2.24) is 10.2 Å². The van der Waals surface area contributed by atoms with Crippen LogP contribution in [-0.4, -0.2) is 29.8 Å². The highest BCUT2D eigenvalue weighted by Gasteiger charge is 2.29. The van der Waals surface area contributed by atoms with E-state index < -0.39 is 6.04 Å². The molecule has 0 bridgehead atoms. The van der Waals surface area contributed by atoms with Crippen molar-refractivity contribution in [1.29, 1.82) is 0 Å². The highest BCUT2D eigenvalue weighted by Crippen LogP contribution is 2.18. The first-order valence-electron chi connectivity index (χ1n) is 11.1. The summed E-state index contributed by atoms with van der Waals surface area (Å²) in [6.07, 6.45) is 1.48. The highest BCUT2D eigenvalue weighted by atomic mass is 16.2. The number of likely N-dealkylation sites (N-methyl/N-ethyl adjacent to an activating group) is 1. The summed E-state index contributed by atoms with van der Waals surface area (Å²) in [6.45, 7) is 4.50. The number of nitrogens with one attached hydrogen (secondary N) is 1. The van der Waals surface area contributed by atoms with Gasteiger partial charge in [-0.25, -0.2) is 0 Å². The van der Waals surface area contributed by atoms with E-state index in [0.29, 0.717) is 25.8 Å². The molecule has 2 amide bonds. The average Bonchev–Trinajstić information content (AvgIpc) is 2.82. The Morgan fingerprint density at radius 2 is 1.50 bits per heavy atom. The molecule has 166 valence electrons. The van der Waals surface area contributed by atoms with Gasteiger partial charge in [-0.3, -0.25) is 9.59 Å². The lowest BCUT2D eigenvalue weighted by atomic mass is 10.0. The summed E-state index contributed by atoms with van der Waals surface area (Å²) < 4.78 is 0. The molecule has 0 spiro atoms. The third-order valence-corrected chi connectivity index (χ3v) is 5.87. The zero-order valence-electron chi connectivity index (χ0n) is 19.2. The molecular formula is C28H32N2O2. The van der Waals surface area contributed by atoms with Crippen LogP contribution in [0.4, 0.5) is 0 Å². The molecule has 3 rings (SSSR count). The van der Waals surface area contributed by atoms with Gasteiger partial charge in [-0.05, 0) is 42.5 Å². The van der Waals surface area contributed by atoms with E-state index in [4.69, 9.17) is 0 Å². The summed E-state index contributed by atoms with van der Waals surface area (Å²) in [6, 6.07) is 25.6. The van der Waals surface area contributed by atoms with E-state index in [1.807, 2.05) is 61.5 Å². The number of carbonyl (C=O) groups is 2.